The quantitative estimate of drug-likeness (QED) is 0.769. The minimum absolute atomic E-state index is 0.199. The van der Waals surface area contributed by atoms with Gasteiger partial charge in [-0.1, -0.05) is 41.9 Å². The zero-order valence-corrected chi connectivity index (χ0v) is 11.2. The largest absolute Gasteiger partial charge is 0.384 e. The van der Waals surface area contributed by atoms with E-state index in [-0.39, 0.29) is 5.02 Å². The Morgan fingerprint density at radius 2 is 1.85 bits per heavy atom. The van der Waals surface area contributed by atoms with Crippen LogP contribution in [0.3, 0.4) is 0 Å². The molecule has 0 aliphatic rings. The van der Waals surface area contributed by atoms with Gasteiger partial charge in [0.05, 0.1) is 5.52 Å². The van der Waals surface area contributed by atoms with Crippen molar-refractivity contribution < 1.29 is 9.50 Å². The molecule has 100 valence electrons. The number of aromatic nitrogens is 1. The molecule has 3 aromatic rings. The Bertz CT molecular complexity index is 770. The van der Waals surface area contributed by atoms with E-state index in [0.717, 1.165) is 5.39 Å². The number of hydrogen-bond donors (Lipinski definition) is 1. The lowest BCUT2D eigenvalue weighted by Gasteiger charge is -2.15. The molecule has 3 rings (SSSR count). The predicted octanol–water partition coefficient (Wildman–Crippen LogP) is 4.11. The van der Waals surface area contributed by atoms with Crippen LogP contribution in [0, 0.1) is 5.82 Å². The standard InChI is InChI=1S/C16H11ClFNO/c17-14-9-11(18)6-7-12(14)16(20)13-5-1-3-10-4-2-8-19-15(10)13/h1-9,16,20H. The van der Waals surface area contributed by atoms with Gasteiger partial charge in [-0.15, -0.1) is 0 Å². The number of rotatable bonds is 2. The van der Waals surface area contributed by atoms with Gasteiger partial charge in [0.15, 0.2) is 0 Å². The Balaban J connectivity index is 2.15. The van der Waals surface area contributed by atoms with Gasteiger partial charge < -0.3 is 5.11 Å². The molecule has 0 bridgehead atoms. The summed E-state index contributed by atoms with van der Waals surface area (Å²) in [7, 11) is 0. The second-order valence-electron chi connectivity index (χ2n) is 4.49. The summed E-state index contributed by atoms with van der Waals surface area (Å²) in [5.41, 5.74) is 1.82. The van der Waals surface area contributed by atoms with E-state index in [0.29, 0.717) is 16.6 Å². The lowest BCUT2D eigenvalue weighted by atomic mass is 9.99. The molecule has 2 nitrogen and oxygen atoms in total. The van der Waals surface area contributed by atoms with E-state index in [1.807, 2.05) is 24.3 Å². The number of aliphatic hydroxyl groups excluding tert-OH is 1. The second kappa shape index (κ2) is 5.19. The Labute approximate surface area is 120 Å². The molecule has 1 heterocycles. The van der Waals surface area contributed by atoms with Crippen LogP contribution in [0.2, 0.25) is 5.02 Å². The van der Waals surface area contributed by atoms with Gasteiger partial charge in [-0.3, -0.25) is 4.98 Å². The summed E-state index contributed by atoms with van der Waals surface area (Å²) in [5, 5.41) is 11.6. The average Bonchev–Trinajstić information content (AvgIpc) is 2.46. The van der Waals surface area contributed by atoms with Crippen molar-refractivity contribution in [3.8, 4) is 0 Å². The molecule has 20 heavy (non-hydrogen) atoms. The first-order valence-corrected chi connectivity index (χ1v) is 6.51. The monoisotopic (exact) mass is 287 g/mol. The molecule has 4 heteroatoms. The number of benzene rings is 2. The summed E-state index contributed by atoms with van der Waals surface area (Å²) in [6, 6.07) is 13.3. The maximum absolute atomic E-state index is 13.1. The average molecular weight is 288 g/mol. The fourth-order valence-electron chi connectivity index (χ4n) is 2.24. The highest BCUT2D eigenvalue weighted by atomic mass is 35.5. The highest BCUT2D eigenvalue weighted by Gasteiger charge is 2.17. The van der Waals surface area contributed by atoms with Crippen LogP contribution in [0.25, 0.3) is 10.9 Å². The highest BCUT2D eigenvalue weighted by Crippen LogP contribution is 2.31. The number of para-hydroxylation sites is 1. The molecule has 0 amide bonds. The minimum atomic E-state index is -0.943. The van der Waals surface area contributed by atoms with Gasteiger partial charge >= 0.3 is 0 Å². The summed E-state index contributed by atoms with van der Waals surface area (Å²) in [5.74, 6) is -0.429. The van der Waals surface area contributed by atoms with Crippen molar-refractivity contribution in [1.82, 2.24) is 4.98 Å². The maximum atomic E-state index is 13.1. The van der Waals surface area contributed by atoms with Crippen LogP contribution >= 0.6 is 11.6 Å². The Hall–Kier alpha value is -1.97. The third kappa shape index (κ3) is 2.26. The van der Waals surface area contributed by atoms with Crippen LogP contribution in [-0.2, 0) is 0 Å². The zero-order valence-electron chi connectivity index (χ0n) is 10.4. The van der Waals surface area contributed by atoms with E-state index in [1.54, 1.807) is 12.3 Å². The molecular weight excluding hydrogens is 277 g/mol. The van der Waals surface area contributed by atoms with Crippen LogP contribution in [0.15, 0.2) is 54.7 Å². The number of pyridine rings is 1. The van der Waals surface area contributed by atoms with Gasteiger partial charge in [-0.05, 0) is 18.2 Å². The molecule has 1 N–H and O–H groups in total. The van der Waals surface area contributed by atoms with Crippen LogP contribution in [0.4, 0.5) is 4.39 Å². The van der Waals surface area contributed by atoms with Crippen molar-refractivity contribution in [2.24, 2.45) is 0 Å². The first-order chi connectivity index (χ1) is 9.66. The van der Waals surface area contributed by atoms with Crippen molar-refractivity contribution >= 4 is 22.5 Å². The van der Waals surface area contributed by atoms with Crippen molar-refractivity contribution in [3.05, 3.63) is 76.7 Å². The number of nitrogens with zero attached hydrogens (tertiary/aromatic N) is 1. The van der Waals surface area contributed by atoms with Gasteiger partial charge in [0.1, 0.15) is 11.9 Å². The SMILES string of the molecule is OC(c1ccc(F)cc1Cl)c1cccc2cccnc12. The maximum Gasteiger partial charge on any atom is 0.124 e. The van der Waals surface area contributed by atoms with E-state index < -0.39 is 11.9 Å². The lowest BCUT2D eigenvalue weighted by Crippen LogP contribution is -2.02. The second-order valence-corrected chi connectivity index (χ2v) is 4.90. The fourth-order valence-corrected chi connectivity index (χ4v) is 2.51. The van der Waals surface area contributed by atoms with Crippen molar-refractivity contribution in [3.63, 3.8) is 0 Å². The number of fused-ring (bicyclic) bond motifs is 1. The van der Waals surface area contributed by atoms with Crippen LogP contribution in [0.1, 0.15) is 17.2 Å². The summed E-state index contributed by atoms with van der Waals surface area (Å²) in [6.45, 7) is 0. The van der Waals surface area contributed by atoms with Crippen LogP contribution in [-0.4, -0.2) is 10.1 Å². The molecule has 0 aliphatic heterocycles. The number of halogens is 2. The van der Waals surface area contributed by atoms with Crippen molar-refractivity contribution in [2.75, 3.05) is 0 Å². The van der Waals surface area contributed by atoms with Gasteiger partial charge in [0.2, 0.25) is 0 Å². The smallest absolute Gasteiger partial charge is 0.124 e. The van der Waals surface area contributed by atoms with Gasteiger partial charge in [-0.2, -0.15) is 0 Å². The molecule has 1 atom stereocenters. The molecule has 1 unspecified atom stereocenters. The summed E-state index contributed by atoms with van der Waals surface area (Å²) >= 11 is 6.01. The van der Waals surface area contributed by atoms with Crippen LogP contribution in [0.5, 0.6) is 0 Å². The van der Waals surface area contributed by atoms with Gasteiger partial charge in [0, 0.05) is 27.7 Å². The third-order valence-corrected chi connectivity index (χ3v) is 3.54. The normalized spacial score (nSPS) is 12.6. The summed E-state index contributed by atoms with van der Waals surface area (Å²) in [4.78, 5) is 4.30. The molecule has 0 saturated heterocycles. The molecule has 1 aromatic heterocycles. The molecular formula is C16H11ClFNO. The topological polar surface area (TPSA) is 33.1 Å². The first-order valence-electron chi connectivity index (χ1n) is 6.13. The lowest BCUT2D eigenvalue weighted by molar-refractivity contribution is 0.221. The van der Waals surface area contributed by atoms with Crippen molar-refractivity contribution in [1.29, 1.82) is 0 Å². The predicted molar refractivity (Wildman–Crippen MR) is 77.2 cm³/mol. The fraction of sp³-hybridized carbons (Fsp3) is 0.0625. The van der Waals surface area contributed by atoms with Gasteiger partial charge in [0.25, 0.3) is 0 Å². The molecule has 0 saturated carbocycles. The highest BCUT2D eigenvalue weighted by molar-refractivity contribution is 6.31. The third-order valence-electron chi connectivity index (χ3n) is 3.22. The van der Waals surface area contributed by atoms with E-state index in [2.05, 4.69) is 4.98 Å². The van der Waals surface area contributed by atoms with Gasteiger partial charge in [-0.25, -0.2) is 4.39 Å². The summed E-state index contributed by atoms with van der Waals surface area (Å²) < 4.78 is 13.1. The molecule has 0 radical (unpaired) electrons. The van der Waals surface area contributed by atoms with Crippen molar-refractivity contribution in [2.45, 2.75) is 6.10 Å². The van der Waals surface area contributed by atoms with E-state index in [1.165, 1.54) is 18.2 Å². The zero-order chi connectivity index (χ0) is 14.1. The van der Waals surface area contributed by atoms with Crippen LogP contribution < -0.4 is 0 Å². The number of aliphatic hydroxyl groups is 1. The number of hydrogen-bond acceptors (Lipinski definition) is 2. The Morgan fingerprint density at radius 1 is 1.05 bits per heavy atom. The molecule has 2 aromatic carbocycles. The Morgan fingerprint density at radius 3 is 2.65 bits per heavy atom. The molecule has 0 fully saturated rings. The minimum Gasteiger partial charge on any atom is -0.384 e. The van der Waals surface area contributed by atoms with E-state index >= 15 is 0 Å². The molecule has 0 spiro atoms. The Kier molecular flexibility index (Phi) is 3.38. The first kappa shape index (κ1) is 13.0. The van der Waals surface area contributed by atoms with E-state index in [4.69, 9.17) is 11.6 Å². The van der Waals surface area contributed by atoms with E-state index in [9.17, 15) is 9.50 Å². The molecule has 0 aliphatic carbocycles. The summed E-state index contributed by atoms with van der Waals surface area (Å²) in [6.07, 6.45) is 0.729.